The molecule has 0 aliphatic rings. The maximum atomic E-state index is 13.0. The van der Waals surface area contributed by atoms with Crippen LogP contribution >= 0.6 is 0 Å². The molecule has 0 amide bonds. The molecule has 0 spiro atoms. The zero-order valence-corrected chi connectivity index (χ0v) is 6.41. The molecule has 66 valence electrons. The molecule has 0 aromatic carbocycles. The van der Waals surface area contributed by atoms with Gasteiger partial charge in [-0.1, -0.05) is 0 Å². The smallest absolute Gasteiger partial charge is 0.339 e. The van der Waals surface area contributed by atoms with Crippen molar-refractivity contribution in [2.75, 3.05) is 0 Å². The average molecular weight is 180 g/mol. The fraction of sp³-hybridized carbons (Fsp3) is 0. The Morgan fingerprint density at radius 2 is 2.38 bits per heavy atom. The number of H-pyrrole nitrogens is 1. The van der Waals surface area contributed by atoms with Crippen molar-refractivity contribution in [3.63, 3.8) is 0 Å². The molecule has 4 nitrogen and oxygen atoms in total. The normalized spacial score (nSPS) is 10.5. The van der Waals surface area contributed by atoms with Gasteiger partial charge in [0, 0.05) is 11.6 Å². The number of carboxylic acid groups (broad SMARTS) is 1. The molecule has 0 aliphatic carbocycles. The number of fused-ring (bicyclic) bond motifs is 1. The third-order valence-electron chi connectivity index (χ3n) is 1.75. The first kappa shape index (κ1) is 7.72. The van der Waals surface area contributed by atoms with Gasteiger partial charge in [0.1, 0.15) is 11.2 Å². The van der Waals surface area contributed by atoms with Gasteiger partial charge in [0.05, 0.1) is 6.20 Å². The van der Waals surface area contributed by atoms with E-state index in [-0.39, 0.29) is 10.9 Å². The van der Waals surface area contributed by atoms with Crippen LogP contribution in [0.15, 0.2) is 18.5 Å². The lowest BCUT2D eigenvalue weighted by Gasteiger charge is -1.97. The summed E-state index contributed by atoms with van der Waals surface area (Å²) < 4.78 is 13.0. The summed E-state index contributed by atoms with van der Waals surface area (Å²) in [5, 5.41) is 8.99. The number of aromatic nitrogens is 2. The molecule has 0 unspecified atom stereocenters. The number of aromatic amines is 1. The highest BCUT2D eigenvalue weighted by molar-refractivity contribution is 6.01. The van der Waals surface area contributed by atoms with E-state index in [1.807, 2.05) is 0 Å². The maximum Gasteiger partial charge on any atom is 0.339 e. The SMILES string of the molecule is O=C(O)c1c(F)cnc2[nH]ccc12. The Labute approximate surface area is 72.0 Å². The average Bonchev–Trinajstić information content (AvgIpc) is 2.50. The molecule has 0 bridgehead atoms. The third kappa shape index (κ3) is 1.05. The van der Waals surface area contributed by atoms with Crippen molar-refractivity contribution in [3.05, 3.63) is 29.8 Å². The van der Waals surface area contributed by atoms with E-state index in [4.69, 9.17) is 5.11 Å². The van der Waals surface area contributed by atoms with Crippen LogP contribution in [-0.2, 0) is 0 Å². The van der Waals surface area contributed by atoms with Crippen LogP contribution in [-0.4, -0.2) is 21.0 Å². The lowest BCUT2D eigenvalue weighted by molar-refractivity contribution is 0.0694. The van der Waals surface area contributed by atoms with Crippen molar-refractivity contribution in [1.82, 2.24) is 9.97 Å². The third-order valence-corrected chi connectivity index (χ3v) is 1.75. The Balaban J connectivity index is 2.88. The van der Waals surface area contributed by atoms with E-state index < -0.39 is 11.8 Å². The number of carboxylic acids is 1. The summed E-state index contributed by atoms with van der Waals surface area (Å²) in [7, 11) is 0. The molecule has 0 saturated heterocycles. The highest BCUT2D eigenvalue weighted by Gasteiger charge is 2.15. The van der Waals surface area contributed by atoms with Crippen LogP contribution < -0.4 is 0 Å². The van der Waals surface area contributed by atoms with E-state index in [0.29, 0.717) is 5.65 Å². The number of halogens is 1. The Bertz CT molecular complexity index is 478. The number of carbonyl (C=O) groups is 1. The summed E-state index contributed by atoms with van der Waals surface area (Å²) in [5.41, 5.74) is 0.0325. The first-order valence-electron chi connectivity index (χ1n) is 3.55. The van der Waals surface area contributed by atoms with Crippen molar-refractivity contribution in [1.29, 1.82) is 0 Å². The second-order valence-electron chi connectivity index (χ2n) is 2.53. The molecule has 2 rings (SSSR count). The Kier molecular flexibility index (Phi) is 1.51. The molecule has 2 aromatic heterocycles. The van der Waals surface area contributed by atoms with Crippen LogP contribution in [0.25, 0.3) is 11.0 Å². The predicted molar refractivity (Wildman–Crippen MR) is 43.0 cm³/mol. The van der Waals surface area contributed by atoms with Gasteiger partial charge in [-0.25, -0.2) is 14.2 Å². The number of nitrogens with zero attached hydrogens (tertiary/aromatic N) is 1. The minimum Gasteiger partial charge on any atom is -0.478 e. The zero-order chi connectivity index (χ0) is 9.42. The van der Waals surface area contributed by atoms with Gasteiger partial charge in [-0.15, -0.1) is 0 Å². The first-order chi connectivity index (χ1) is 6.20. The van der Waals surface area contributed by atoms with Gasteiger partial charge in [-0.3, -0.25) is 0 Å². The van der Waals surface area contributed by atoms with E-state index in [2.05, 4.69) is 9.97 Å². The van der Waals surface area contributed by atoms with Gasteiger partial charge in [0.15, 0.2) is 5.82 Å². The Hall–Kier alpha value is -1.91. The van der Waals surface area contributed by atoms with Crippen molar-refractivity contribution in [2.45, 2.75) is 0 Å². The summed E-state index contributed by atoms with van der Waals surface area (Å²) in [6.07, 6.45) is 2.41. The number of nitrogens with one attached hydrogen (secondary N) is 1. The molecule has 0 saturated carbocycles. The Morgan fingerprint density at radius 1 is 1.62 bits per heavy atom. The molecule has 0 radical (unpaired) electrons. The molecule has 0 fully saturated rings. The Morgan fingerprint density at radius 3 is 3.08 bits per heavy atom. The fourth-order valence-corrected chi connectivity index (χ4v) is 1.20. The number of hydrogen-bond acceptors (Lipinski definition) is 2. The minimum absolute atomic E-state index is 0.285. The molecule has 0 atom stereocenters. The lowest BCUT2D eigenvalue weighted by Crippen LogP contribution is -2.01. The summed E-state index contributed by atoms with van der Waals surface area (Å²) in [5.74, 6) is -2.11. The number of hydrogen-bond donors (Lipinski definition) is 2. The fourth-order valence-electron chi connectivity index (χ4n) is 1.20. The van der Waals surface area contributed by atoms with E-state index in [1.54, 1.807) is 0 Å². The van der Waals surface area contributed by atoms with E-state index in [9.17, 15) is 9.18 Å². The monoisotopic (exact) mass is 180 g/mol. The number of pyridine rings is 1. The summed E-state index contributed by atoms with van der Waals surface area (Å²) in [6, 6.07) is 1.48. The van der Waals surface area contributed by atoms with Gasteiger partial charge in [0.2, 0.25) is 0 Å². The van der Waals surface area contributed by atoms with Gasteiger partial charge < -0.3 is 10.1 Å². The summed E-state index contributed by atoms with van der Waals surface area (Å²) in [6.45, 7) is 0. The highest BCUT2D eigenvalue weighted by Crippen LogP contribution is 2.18. The van der Waals surface area contributed by atoms with E-state index in [0.717, 1.165) is 6.20 Å². The van der Waals surface area contributed by atoms with Crippen molar-refractivity contribution < 1.29 is 14.3 Å². The van der Waals surface area contributed by atoms with Crippen molar-refractivity contribution in [3.8, 4) is 0 Å². The largest absolute Gasteiger partial charge is 0.478 e. The quantitative estimate of drug-likeness (QED) is 0.697. The van der Waals surface area contributed by atoms with Crippen LogP contribution in [0.1, 0.15) is 10.4 Å². The van der Waals surface area contributed by atoms with E-state index in [1.165, 1.54) is 12.3 Å². The van der Waals surface area contributed by atoms with Gasteiger partial charge in [0.25, 0.3) is 0 Å². The minimum atomic E-state index is -1.29. The molecular weight excluding hydrogens is 175 g/mol. The molecule has 0 aliphatic heterocycles. The first-order valence-corrected chi connectivity index (χ1v) is 3.55. The molecule has 2 aromatic rings. The van der Waals surface area contributed by atoms with Crippen molar-refractivity contribution in [2.24, 2.45) is 0 Å². The zero-order valence-electron chi connectivity index (χ0n) is 6.41. The van der Waals surface area contributed by atoms with Crippen LogP contribution in [0.4, 0.5) is 4.39 Å². The van der Waals surface area contributed by atoms with Gasteiger partial charge >= 0.3 is 5.97 Å². The van der Waals surface area contributed by atoms with Crippen LogP contribution in [0.2, 0.25) is 0 Å². The lowest BCUT2D eigenvalue weighted by atomic mass is 10.2. The summed E-state index contributed by atoms with van der Waals surface area (Å²) in [4.78, 5) is 17.0. The highest BCUT2D eigenvalue weighted by atomic mass is 19.1. The van der Waals surface area contributed by atoms with Crippen LogP contribution in [0, 0.1) is 5.82 Å². The van der Waals surface area contributed by atoms with Crippen LogP contribution in [0.5, 0.6) is 0 Å². The van der Waals surface area contributed by atoms with Gasteiger partial charge in [-0.2, -0.15) is 0 Å². The van der Waals surface area contributed by atoms with Crippen LogP contribution in [0.3, 0.4) is 0 Å². The van der Waals surface area contributed by atoms with Crippen molar-refractivity contribution >= 4 is 17.0 Å². The molecule has 5 heteroatoms. The second-order valence-corrected chi connectivity index (χ2v) is 2.53. The second kappa shape index (κ2) is 2.55. The number of rotatable bonds is 1. The number of aromatic carboxylic acids is 1. The molecular formula is C8H5FN2O2. The molecule has 2 heterocycles. The van der Waals surface area contributed by atoms with Gasteiger partial charge in [-0.05, 0) is 6.07 Å². The molecule has 13 heavy (non-hydrogen) atoms. The standard InChI is InChI=1S/C8H5FN2O2/c9-5-3-11-7-4(1-2-10-7)6(5)8(12)13/h1-3H,(H,10,11)(H,12,13). The topological polar surface area (TPSA) is 66.0 Å². The molecule has 2 N–H and O–H groups in total. The summed E-state index contributed by atoms with van der Waals surface area (Å²) >= 11 is 0. The maximum absolute atomic E-state index is 13.0. The predicted octanol–water partition coefficient (Wildman–Crippen LogP) is 1.40. The van der Waals surface area contributed by atoms with E-state index >= 15 is 0 Å².